The minimum absolute atomic E-state index is 0.101. The largest absolute Gasteiger partial charge is 0.368 e. The monoisotopic (exact) mass is 380 g/mol. The van der Waals surface area contributed by atoms with Crippen molar-refractivity contribution in [3.8, 4) is 0 Å². The fourth-order valence-corrected chi connectivity index (χ4v) is 3.73. The van der Waals surface area contributed by atoms with E-state index < -0.39 is 0 Å². The summed E-state index contributed by atoms with van der Waals surface area (Å²) in [6.07, 6.45) is 0. The molecule has 0 aliphatic carbocycles. The molecule has 142 valence electrons. The van der Waals surface area contributed by atoms with E-state index in [1.54, 1.807) is 0 Å². The zero-order chi connectivity index (χ0) is 19.6. The van der Waals surface area contributed by atoms with Gasteiger partial charge in [-0.25, -0.2) is 0 Å². The molecule has 0 radical (unpaired) electrons. The molecule has 2 heterocycles. The van der Waals surface area contributed by atoms with Crippen molar-refractivity contribution >= 4 is 34.4 Å². The lowest BCUT2D eigenvalue weighted by atomic mass is 10.00. The number of anilines is 2. The Balaban J connectivity index is 1.62. The van der Waals surface area contributed by atoms with Crippen LogP contribution in [-0.4, -0.2) is 24.8 Å². The fourth-order valence-electron chi connectivity index (χ4n) is 3.73. The first-order chi connectivity index (χ1) is 14.3. The van der Waals surface area contributed by atoms with Crippen LogP contribution < -0.4 is 16.0 Å². The fraction of sp³-hybridized carbons (Fsp3) is 0.0833. The van der Waals surface area contributed by atoms with Gasteiger partial charge in [-0.3, -0.25) is 9.79 Å². The van der Waals surface area contributed by atoms with Crippen molar-refractivity contribution in [2.24, 2.45) is 4.99 Å². The highest BCUT2D eigenvalue weighted by Gasteiger charge is 2.28. The van der Waals surface area contributed by atoms with Gasteiger partial charge >= 0.3 is 0 Å². The number of amides is 1. The standard InChI is InChI=1S/C24H20N4O/c29-24-21(19-11-4-5-12-20(19)28-24)22(16-7-2-1-3-8-16)27-18-10-6-9-17(15-18)23-25-13-14-26-23/h1-12,15,27H,13-14H2,(H,25,26)(H,28,29)/b22-21-. The first-order valence-electron chi connectivity index (χ1n) is 9.66. The van der Waals surface area contributed by atoms with Gasteiger partial charge in [0.05, 0.1) is 17.8 Å². The van der Waals surface area contributed by atoms with E-state index in [9.17, 15) is 4.79 Å². The first-order valence-corrected chi connectivity index (χ1v) is 9.66. The van der Waals surface area contributed by atoms with Gasteiger partial charge in [-0.05, 0) is 23.8 Å². The van der Waals surface area contributed by atoms with Crippen molar-refractivity contribution in [1.29, 1.82) is 0 Å². The second-order valence-electron chi connectivity index (χ2n) is 6.98. The van der Waals surface area contributed by atoms with Gasteiger partial charge in [0.25, 0.3) is 5.91 Å². The average Bonchev–Trinajstić information content (AvgIpc) is 3.41. The summed E-state index contributed by atoms with van der Waals surface area (Å²) in [5, 5.41) is 9.79. The van der Waals surface area contributed by atoms with Crippen molar-refractivity contribution in [3.63, 3.8) is 0 Å². The average molecular weight is 380 g/mol. The van der Waals surface area contributed by atoms with Crippen LogP contribution in [0.2, 0.25) is 0 Å². The van der Waals surface area contributed by atoms with E-state index in [4.69, 9.17) is 0 Å². The topological polar surface area (TPSA) is 65.5 Å². The Bertz CT molecular complexity index is 1150. The molecule has 0 spiro atoms. The number of carbonyl (C=O) groups excluding carboxylic acids is 1. The predicted molar refractivity (Wildman–Crippen MR) is 118 cm³/mol. The minimum atomic E-state index is -0.101. The van der Waals surface area contributed by atoms with E-state index >= 15 is 0 Å². The number of fused-ring (bicyclic) bond motifs is 1. The first kappa shape index (κ1) is 17.3. The molecular formula is C24H20N4O. The molecule has 2 aliphatic rings. The molecule has 1 amide bonds. The number of rotatable bonds is 4. The van der Waals surface area contributed by atoms with Crippen molar-refractivity contribution < 1.29 is 4.79 Å². The van der Waals surface area contributed by atoms with Crippen LogP contribution >= 0.6 is 0 Å². The molecule has 0 saturated carbocycles. The number of para-hydroxylation sites is 1. The molecule has 3 aromatic carbocycles. The quantitative estimate of drug-likeness (QED) is 0.600. The number of carbonyl (C=O) groups is 1. The molecule has 5 rings (SSSR count). The van der Waals surface area contributed by atoms with Crippen molar-refractivity contribution in [3.05, 3.63) is 95.6 Å². The third kappa shape index (κ3) is 3.27. The van der Waals surface area contributed by atoms with Crippen molar-refractivity contribution in [1.82, 2.24) is 5.32 Å². The number of nitrogens with zero attached hydrogens (tertiary/aromatic N) is 1. The second-order valence-corrected chi connectivity index (χ2v) is 6.98. The molecule has 2 aliphatic heterocycles. The Morgan fingerprint density at radius 2 is 1.76 bits per heavy atom. The molecule has 3 aromatic rings. The van der Waals surface area contributed by atoms with Gasteiger partial charge in [-0.15, -0.1) is 0 Å². The number of hydrogen-bond acceptors (Lipinski definition) is 4. The summed E-state index contributed by atoms with van der Waals surface area (Å²) in [4.78, 5) is 17.4. The van der Waals surface area contributed by atoms with E-state index in [1.807, 2.05) is 72.8 Å². The summed E-state index contributed by atoms with van der Waals surface area (Å²) < 4.78 is 0. The summed E-state index contributed by atoms with van der Waals surface area (Å²) in [6, 6.07) is 25.8. The van der Waals surface area contributed by atoms with Gasteiger partial charge in [0, 0.05) is 29.0 Å². The number of aliphatic imine (C=N–C) groups is 1. The molecule has 3 N–H and O–H groups in total. The maximum atomic E-state index is 12.9. The van der Waals surface area contributed by atoms with Crippen LogP contribution in [0, 0.1) is 0 Å². The minimum Gasteiger partial charge on any atom is -0.368 e. The normalized spacial score (nSPS) is 16.6. The number of amidine groups is 1. The van der Waals surface area contributed by atoms with Gasteiger partial charge in [-0.2, -0.15) is 0 Å². The van der Waals surface area contributed by atoms with E-state index in [2.05, 4.69) is 27.0 Å². The highest BCUT2D eigenvalue weighted by atomic mass is 16.2. The smallest absolute Gasteiger partial charge is 0.258 e. The zero-order valence-electron chi connectivity index (χ0n) is 15.8. The molecule has 29 heavy (non-hydrogen) atoms. The highest BCUT2D eigenvalue weighted by Crippen LogP contribution is 2.37. The van der Waals surface area contributed by atoms with Crippen LogP contribution in [0.1, 0.15) is 16.7 Å². The molecular weight excluding hydrogens is 360 g/mol. The van der Waals surface area contributed by atoms with Gasteiger partial charge < -0.3 is 16.0 Å². The summed E-state index contributed by atoms with van der Waals surface area (Å²) in [7, 11) is 0. The Kier molecular flexibility index (Phi) is 4.33. The highest BCUT2D eigenvalue weighted by molar-refractivity contribution is 6.37. The zero-order valence-corrected chi connectivity index (χ0v) is 15.8. The van der Waals surface area contributed by atoms with Gasteiger partial charge in [0.1, 0.15) is 5.84 Å². The molecule has 0 saturated heterocycles. The van der Waals surface area contributed by atoms with E-state index in [0.717, 1.165) is 52.7 Å². The lowest BCUT2D eigenvalue weighted by Crippen LogP contribution is -2.19. The summed E-state index contributed by atoms with van der Waals surface area (Å²) in [6.45, 7) is 1.66. The molecule has 0 fully saturated rings. The predicted octanol–water partition coefficient (Wildman–Crippen LogP) is 3.97. The number of hydrogen-bond donors (Lipinski definition) is 3. The molecule has 5 nitrogen and oxygen atoms in total. The SMILES string of the molecule is O=C1Nc2ccccc2/C1=C(/Nc1cccc(C2=NCCN2)c1)c1ccccc1. The Hall–Kier alpha value is -3.86. The van der Waals surface area contributed by atoms with Gasteiger partial charge in [0.2, 0.25) is 0 Å². The van der Waals surface area contributed by atoms with Crippen LogP contribution in [0.15, 0.2) is 83.9 Å². The van der Waals surface area contributed by atoms with Crippen LogP contribution in [0.3, 0.4) is 0 Å². The maximum absolute atomic E-state index is 12.9. The summed E-state index contributed by atoms with van der Waals surface area (Å²) in [5.41, 5.74) is 6.06. The molecule has 5 heteroatoms. The maximum Gasteiger partial charge on any atom is 0.258 e. The second kappa shape index (κ2) is 7.28. The summed E-state index contributed by atoms with van der Waals surface area (Å²) in [5.74, 6) is 0.807. The number of nitrogens with one attached hydrogen (secondary N) is 3. The van der Waals surface area contributed by atoms with E-state index in [-0.39, 0.29) is 5.91 Å². The Labute approximate surface area is 169 Å². The van der Waals surface area contributed by atoms with Gasteiger partial charge in [-0.1, -0.05) is 60.7 Å². The third-order valence-electron chi connectivity index (χ3n) is 5.06. The van der Waals surface area contributed by atoms with E-state index in [0.29, 0.717) is 5.57 Å². The number of benzene rings is 3. The molecule has 0 aromatic heterocycles. The molecule has 0 bridgehead atoms. The van der Waals surface area contributed by atoms with Crippen LogP contribution in [0.25, 0.3) is 11.3 Å². The van der Waals surface area contributed by atoms with Crippen LogP contribution in [-0.2, 0) is 4.79 Å². The Morgan fingerprint density at radius 3 is 2.59 bits per heavy atom. The lowest BCUT2D eigenvalue weighted by molar-refractivity contribution is -0.110. The van der Waals surface area contributed by atoms with Gasteiger partial charge in [0.15, 0.2) is 0 Å². The van der Waals surface area contributed by atoms with Crippen LogP contribution in [0.4, 0.5) is 11.4 Å². The summed E-state index contributed by atoms with van der Waals surface area (Å²) >= 11 is 0. The third-order valence-corrected chi connectivity index (χ3v) is 5.06. The van der Waals surface area contributed by atoms with Crippen molar-refractivity contribution in [2.75, 3.05) is 23.7 Å². The van der Waals surface area contributed by atoms with Crippen LogP contribution in [0.5, 0.6) is 0 Å². The van der Waals surface area contributed by atoms with E-state index in [1.165, 1.54) is 0 Å². The molecule has 0 atom stereocenters. The van der Waals surface area contributed by atoms with Crippen molar-refractivity contribution in [2.45, 2.75) is 0 Å². The Morgan fingerprint density at radius 1 is 0.931 bits per heavy atom. The molecule has 0 unspecified atom stereocenters. The lowest BCUT2D eigenvalue weighted by Gasteiger charge is -2.15.